The van der Waals surface area contributed by atoms with E-state index in [1.807, 2.05) is 6.08 Å². The molecule has 5 rings (SSSR count). The molecule has 2 fully saturated rings. The van der Waals surface area contributed by atoms with Gasteiger partial charge in [0.1, 0.15) is 17.7 Å². The maximum atomic E-state index is 14.2. The van der Waals surface area contributed by atoms with Gasteiger partial charge in [-0.3, -0.25) is 4.90 Å². The fourth-order valence-corrected chi connectivity index (χ4v) is 5.18. The van der Waals surface area contributed by atoms with E-state index in [0.717, 1.165) is 31.9 Å². The van der Waals surface area contributed by atoms with Crippen LogP contribution in [0.4, 0.5) is 8.78 Å². The van der Waals surface area contributed by atoms with Crippen molar-refractivity contribution in [2.24, 2.45) is 0 Å². The number of ether oxygens (including phenoxy) is 1. The quantitative estimate of drug-likeness (QED) is 0.825. The fourth-order valence-electron chi connectivity index (χ4n) is 5.18. The van der Waals surface area contributed by atoms with Crippen LogP contribution in [0.3, 0.4) is 0 Å². The summed E-state index contributed by atoms with van der Waals surface area (Å²) in [5.74, 6) is -2.20. The largest absolute Gasteiger partial charge is 0.449 e. The van der Waals surface area contributed by atoms with Crippen LogP contribution in [0.5, 0.6) is 0 Å². The Morgan fingerprint density at radius 3 is 2.96 bits per heavy atom. The molecule has 1 aromatic rings. The third-order valence-electron chi connectivity index (χ3n) is 6.28. The van der Waals surface area contributed by atoms with Crippen molar-refractivity contribution >= 4 is 5.97 Å². The minimum Gasteiger partial charge on any atom is -0.449 e. The fraction of sp³-hybridized carbons (Fsp3) is 0.450. The predicted octanol–water partition coefficient (Wildman–Crippen LogP) is 2.79. The van der Waals surface area contributed by atoms with E-state index in [4.69, 9.17) is 4.74 Å². The number of fused-ring (bicyclic) bond motifs is 3. The summed E-state index contributed by atoms with van der Waals surface area (Å²) in [5.41, 5.74) is -0.122. The van der Waals surface area contributed by atoms with Crippen molar-refractivity contribution in [3.63, 3.8) is 0 Å². The number of aliphatic hydroxyl groups is 1. The first-order valence-electron chi connectivity index (χ1n) is 9.06. The summed E-state index contributed by atoms with van der Waals surface area (Å²) in [5, 5.41) is 10.8. The van der Waals surface area contributed by atoms with Crippen molar-refractivity contribution in [3.8, 4) is 0 Å². The highest BCUT2D eigenvalue weighted by molar-refractivity contribution is 5.96. The Labute approximate surface area is 149 Å². The van der Waals surface area contributed by atoms with E-state index in [1.54, 1.807) is 0 Å². The van der Waals surface area contributed by atoms with Gasteiger partial charge in [-0.05, 0) is 25.5 Å². The van der Waals surface area contributed by atoms with Crippen LogP contribution in [0.15, 0.2) is 41.5 Å². The molecule has 0 amide bonds. The number of hydrogen-bond acceptors (Lipinski definition) is 4. The molecule has 1 unspecified atom stereocenters. The lowest BCUT2D eigenvalue weighted by molar-refractivity contribution is -0.150. The topological polar surface area (TPSA) is 49.8 Å². The second kappa shape index (κ2) is 5.47. The van der Waals surface area contributed by atoms with E-state index in [0.29, 0.717) is 18.1 Å². The number of piperidine rings is 1. The summed E-state index contributed by atoms with van der Waals surface area (Å²) in [6.07, 6.45) is 6.24. The van der Waals surface area contributed by atoms with Gasteiger partial charge in [0.2, 0.25) is 0 Å². The van der Waals surface area contributed by atoms with Crippen LogP contribution in [0, 0.1) is 11.6 Å². The molecule has 0 aromatic heterocycles. The number of nitrogens with zero attached hydrogens (tertiary/aromatic N) is 1. The van der Waals surface area contributed by atoms with Crippen molar-refractivity contribution < 1.29 is 23.4 Å². The maximum Gasteiger partial charge on any atom is 0.338 e. The van der Waals surface area contributed by atoms with Crippen LogP contribution in [-0.4, -0.2) is 40.2 Å². The summed E-state index contributed by atoms with van der Waals surface area (Å²) >= 11 is 0. The van der Waals surface area contributed by atoms with Gasteiger partial charge in [0.05, 0.1) is 11.6 Å². The highest BCUT2D eigenvalue weighted by atomic mass is 19.1. The molecule has 4 aliphatic rings. The SMILES string of the molecule is O=C1O[C@@]23C[C@@H](C=CC2=C1C(O)c1ccc(F)cc1F)N1CCCC[C@H]13. The second-order valence-electron chi connectivity index (χ2n) is 7.55. The first-order valence-corrected chi connectivity index (χ1v) is 9.06. The molecule has 1 aliphatic carbocycles. The Balaban J connectivity index is 1.62. The van der Waals surface area contributed by atoms with Gasteiger partial charge in [-0.1, -0.05) is 24.6 Å². The van der Waals surface area contributed by atoms with Crippen LogP contribution in [0.1, 0.15) is 37.4 Å². The summed E-state index contributed by atoms with van der Waals surface area (Å²) < 4.78 is 33.2. The van der Waals surface area contributed by atoms with Crippen LogP contribution >= 0.6 is 0 Å². The zero-order valence-electron chi connectivity index (χ0n) is 14.1. The van der Waals surface area contributed by atoms with E-state index in [-0.39, 0.29) is 23.2 Å². The lowest BCUT2D eigenvalue weighted by Crippen LogP contribution is -2.48. The molecular formula is C20H19F2NO3. The summed E-state index contributed by atoms with van der Waals surface area (Å²) in [6, 6.07) is 3.30. The molecule has 4 nitrogen and oxygen atoms in total. The minimum atomic E-state index is -1.48. The van der Waals surface area contributed by atoms with Gasteiger partial charge in [0.25, 0.3) is 0 Å². The third-order valence-corrected chi connectivity index (χ3v) is 6.28. The highest BCUT2D eigenvalue weighted by Gasteiger charge is 2.62. The normalized spacial score (nSPS) is 33.9. The lowest BCUT2D eigenvalue weighted by atomic mass is 9.78. The maximum absolute atomic E-state index is 14.2. The van der Waals surface area contributed by atoms with Gasteiger partial charge in [0, 0.05) is 29.7 Å². The first kappa shape index (κ1) is 16.1. The number of carbonyl (C=O) groups excluding carboxylic acids is 1. The number of aliphatic hydroxyl groups excluding tert-OH is 1. The molecular weight excluding hydrogens is 340 g/mol. The Kier molecular flexibility index (Phi) is 3.40. The average molecular weight is 359 g/mol. The van der Waals surface area contributed by atoms with Gasteiger partial charge in [0.15, 0.2) is 5.60 Å². The van der Waals surface area contributed by atoms with E-state index < -0.39 is 29.3 Å². The number of rotatable bonds is 2. The molecule has 4 atom stereocenters. The summed E-state index contributed by atoms with van der Waals surface area (Å²) in [7, 11) is 0. The molecule has 3 heterocycles. The predicted molar refractivity (Wildman–Crippen MR) is 89.1 cm³/mol. The van der Waals surface area contributed by atoms with Crippen molar-refractivity contribution in [1.29, 1.82) is 0 Å². The van der Waals surface area contributed by atoms with Gasteiger partial charge >= 0.3 is 5.97 Å². The molecule has 3 aliphatic heterocycles. The summed E-state index contributed by atoms with van der Waals surface area (Å²) in [6.45, 7) is 0.969. The monoisotopic (exact) mass is 359 g/mol. The van der Waals surface area contributed by atoms with Crippen LogP contribution < -0.4 is 0 Å². The standard InChI is InChI=1S/C20H19F2NO3/c21-11-4-6-13(15(22)9-11)18(24)17-14-7-5-12-10-20(14,26-19(17)25)16-3-1-2-8-23(12)16/h4-7,9,12,16,18,24H,1-3,8,10H2/t12-,16+,18?,20+/m1/s1. The molecule has 0 saturated carbocycles. The molecule has 1 N–H and O–H groups in total. The Hall–Kier alpha value is -2.05. The number of carbonyl (C=O) groups is 1. The minimum absolute atomic E-state index is 0.0811. The van der Waals surface area contributed by atoms with Crippen LogP contribution in [0.2, 0.25) is 0 Å². The van der Waals surface area contributed by atoms with Crippen LogP contribution in [-0.2, 0) is 9.53 Å². The summed E-state index contributed by atoms with van der Waals surface area (Å²) in [4.78, 5) is 15.1. The Morgan fingerprint density at radius 1 is 1.31 bits per heavy atom. The number of halogens is 2. The Morgan fingerprint density at radius 2 is 2.15 bits per heavy atom. The highest BCUT2D eigenvalue weighted by Crippen LogP contribution is 2.54. The van der Waals surface area contributed by atoms with Crippen LogP contribution in [0.25, 0.3) is 0 Å². The van der Waals surface area contributed by atoms with Crippen molar-refractivity contribution in [3.05, 3.63) is 58.7 Å². The number of benzene rings is 1. The zero-order chi connectivity index (χ0) is 18.1. The van der Waals surface area contributed by atoms with Crippen molar-refractivity contribution in [1.82, 2.24) is 4.90 Å². The molecule has 136 valence electrons. The van der Waals surface area contributed by atoms with Gasteiger partial charge in [-0.25, -0.2) is 13.6 Å². The second-order valence-corrected chi connectivity index (χ2v) is 7.55. The van der Waals surface area contributed by atoms with E-state index in [2.05, 4.69) is 11.0 Å². The lowest BCUT2D eigenvalue weighted by Gasteiger charge is -2.37. The van der Waals surface area contributed by atoms with Gasteiger partial charge < -0.3 is 9.84 Å². The third kappa shape index (κ3) is 2.03. The van der Waals surface area contributed by atoms with Gasteiger partial charge in [-0.15, -0.1) is 0 Å². The van der Waals surface area contributed by atoms with E-state index in [1.165, 1.54) is 6.07 Å². The zero-order valence-corrected chi connectivity index (χ0v) is 14.1. The molecule has 0 radical (unpaired) electrons. The molecule has 26 heavy (non-hydrogen) atoms. The molecule has 2 saturated heterocycles. The van der Waals surface area contributed by atoms with Crippen molar-refractivity contribution in [2.75, 3.05) is 6.54 Å². The molecule has 1 aromatic carbocycles. The van der Waals surface area contributed by atoms with E-state index in [9.17, 15) is 18.7 Å². The molecule has 2 bridgehead atoms. The molecule has 6 heteroatoms. The Bertz CT molecular complexity index is 865. The van der Waals surface area contributed by atoms with E-state index >= 15 is 0 Å². The first-order chi connectivity index (χ1) is 12.5. The average Bonchev–Trinajstić information content (AvgIpc) is 3.05. The van der Waals surface area contributed by atoms with Crippen molar-refractivity contribution in [2.45, 2.75) is 49.5 Å². The smallest absolute Gasteiger partial charge is 0.338 e. The number of hydrogen-bond donors (Lipinski definition) is 1. The van der Waals surface area contributed by atoms with Gasteiger partial charge in [-0.2, -0.15) is 0 Å². The number of esters is 1. The molecule has 1 spiro atoms.